The highest BCUT2D eigenvalue weighted by Crippen LogP contribution is 2.35. The molecule has 0 saturated heterocycles. The molecule has 3 aromatic rings. The molecule has 0 aliphatic rings. The molecule has 3 heteroatoms. The average Bonchev–Trinajstić information content (AvgIpc) is 2.94. The van der Waals surface area contributed by atoms with E-state index >= 15 is 0 Å². The first-order chi connectivity index (χ1) is 10.2. The fourth-order valence-electron chi connectivity index (χ4n) is 2.12. The largest absolute Gasteiger partial charge is 0.457 e. The molecule has 2 aromatic carbocycles. The Bertz CT molecular complexity index is 704. The Morgan fingerprint density at radius 2 is 1.57 bits per heavy atom. The number of rotatable bonds is 4. The Labute approximate surface area is 133 Å². The fourth-order valence-corrected chi connectivity index (χ4v) is 3.53. The molecule has 0 radical (unpaired) electrons. The molecule has 106 valence electrons. The van der Waals surface area contributed by atoms with Crippen LogP contribution in [0.4, 0.5) is 0 Å². The Morgan fingerprint density at radius 1 is 0.905 bits per heavy atom. The second-order valence-electron chi connectivity index (χ2n) is 4.81. The number of para-hydroxylation sites is 1. The van der Waals surface area contributed by atoms with Gasteiger partial charge in [-0.15, -0.1) is 22.9 Å². The van der Waals surface area contributed by atoms with Crippen molar-refractivity contribution < 1.29 is 4.74 Å². The zero-order chi connectivity index (χ0) is 14.7. The molecule has 3 rings (SSSR count). The number of aryl methyl sites for hydroxylation is 1. The predicted octanol–water partition coefficient (Wildman–Crippen LogP) is 6.18. The van der Waals surface area contributed by atoms with E-state index in [4.69, 9.17) is 16.3 Å². The van der Waals surface area contributed by atoms with Crippen LogP contribution in [0.3, 0.4) is 0 Å². The second kappa shape index (κ2) is 6.33. The van der Waals surface area contributed by atoms with Gasteiger partial charge in [0.2, 0.25) is 0 Å². The van der Waals surface area contributed by atoms with E-state index in [9.17, 15) is 0 Å². The SMILES string of the molecule is Cc1ccsc1C(Cl)c1ccc(Oc2ccccc2)cc1. The van der Waals surface area contributed by atoms with Gasteiger partial charge >= 0.3 is 0 Å². The van der Waals surface area contributed by atoms with Gasteiger partial charge in [-0.1, -0.05) is 30.3 Å². The summed E-state index contributed by atoms with van der Waals surface area (Å²) in [4.78, 5) is 1.20. The highest BCUT2D eigenvalue weighted by Gasteiger charge is 2.14. The monoisotopic (exact) mass is 314 g/mol. The van der Waals surface area contributed by atoms with Crippen LogP contribution in [0.15, 0.2) is 66.0 Å². The topological polar surface area (TPSA) is 9.23 Å². The molecule has 0 N–H and O–H groups in total. The summed E-state index contributed by atoms with van der Waals surface area (Å²) in [5.74, 6) is 1.65. The molecule has 0 bridgehead atoms. The van der Waals surface area contributed by atoms with E-state index in [1.165, 1.54) is 10.4 Å². The minimum Gasteiger partial charge on any atom is -0.457 e. The maximum absolute atomic E-state index is 6.56. The van der Waals surface area contributed by atoms with Crippen molar-refractivity contribution in [2.75, 3.05) is 0 Å². The van der Waals surface area contributed by atoms with Crippen LogP contribution in [-0.4, -0.2) is 0 Å². The zero-order valence-electron chi connectivity index (χ0n) is 11.6. The van der Waals surface area contributed by atoms with Gasteiger partial charge in [0.25, 0.3) is 0 Å². The van der Waals surface area contributed by atoms with E-state index in [1.54, 1.807) is 11.3 Å². The van der Waals surface area contributed by atoms with E-state index in [2.05, 4.69) is 18.4 Å². The summed E-state index contributed by atoms with van der Waals surface area (Å²) >= 11 is 8.26. The van der Waals surface area contributed by atoms with Crippen LogP contribution < -0.4 is 4.74 Å². The van der Waals surface area contributed by atoms with Crippen LogP contribution in [0.1, 0.15) is 21.4 Å². The van der Waals surface area contributed by atoms with Crippen LogP contribution in [-0.2, 0) is 0 Å². The second-order valence-corrected chi connectivity index (χ2v) is 6.20. The molecule has 0 saturated carbocycles. The molecule has 1 unspecified atom stereocenters. The maximum atomic E-state index is 6.56. The Hall–Kier alpha value is -1.77. The highest BCUT2D eigenvalue weighted by molar-refractivity contribution is 7.10. The molecule has 0 aliphatic heterocycles. The molecule has 0 aliphatic carbocycles. The van der Waals surface area contributed by atoms with Gasteiger partial charge in [0, 0.05) is 4.88 Å². The lowest BCUT2D eigenvalue weighted by Gasteiger charge is -2.11. The third-order valence-electron chi connectivity index (χ3n) is 3.28. The van der Waals surface area contributed by atoms with Crippen molar-refractivity contribution in [2.45, 2.75) is 12.3 Å². The van der Waals surface area contributed by atoms with Gasteiger partial charge in [-0.25, -0.2) is 0 Å². The average molecular weight is 315 g/mol. The molecule has 0 amide bonds. The summed E-state index contributed by atoms with van der Waals surface area (Å²) < 4.78 is 5.79. The van der Waals surface area contributed by atoms with Crippen LogP contribution >= 0.6 is 22.9 Å². The van der Waals surface area contributed by atoms with Gasteiger partial charge in [0.15, 0.2) is 0 Å². The number of halogens is 1. The quantitative estimate of drug-likeness (QED) is 0.523. The number of alkyl halides is 1. The Morgan fingerprint density at radius 3 is 2.19 bits per heavy atom. The third kappa shape index (κ3) is 3.29. The van der Waals surface area contributed by atoms with Gasteiger partial charge < -0.3 is 4.74 Å². The van der Waals surface area contributed by atoms with Gasteiger partial charge in [0.1, 0.15) is 11.5 Å². The van der Waals surface area contributed by atoms with Crippen molar-refractivity contribution in [3.63, 3.8) is 0 Å². The van der Waals surface area contributed by atoms with Crippen molar-refractivity contribution in [1.82, 2.24) is 0 Å². The first-order valence-electron chi connectivity index (χ1n) is 6.75. The van der Waals surface area contributed by atoms with E-state index in [0.717, 1.165) is 17.1 Å². The van der Waals surface area contributed by atoms with Crippen molar-refractivity contribution in [1.29, 1.82) is 0 Å². The minimum atomic E-state index is -0.101. The third-order valence-corrected chi connectivity index (χ3v) is 4.97. The normalized spacial score (nSPS) is 12.1. The summed E-state index contributed by atoms with van der Waals surface area (Å²) in [6.45, 7) is 2.09. The van der Waals surface area contributed by atoms with Crippen LogP contribution in [0.25, 0.3) is 0 Å². The molecule has 0 spiro atoms. The Kier molecular flexibility index (Phi) is 4.28. The van der Waals surface area contributed by atoms with E-state index in [1.807, 2.05) is 54.6 Å². The lowest BCUT2D eigenvalue weighted by molar-refractivity contribution is 0.482. The minimum absolute atomic E-state index is 0.101. The van der Waals surface area contributed by atoms with Crippen LogP contribution in [0, 0.1) is 6.92 Å². The van der Waals surface area contributed by atoms with Gasteiger partial charge in [-0.2, -0.15) is 0 Å². The van der Waals surface area contributed by atoms with Crippen molar-refractivity contribution >= 4 is 22.9 Å². The molecule has 1 atom stereocenters. The summed E-state index contributed by atoms with van der Waals surface area (Å²) in [7, 11) is 0. The van der Waals surface area contributed by atoms with E-state index < -0.39 is 0 Å². The lowest BCUT2D eigenvalue weighted by Crippen LogP contribution is -1.92. The number of benzene rings is 2. The van der Waals surface area contributed by atoms with Gasteiger partial charge in [-0.05, 0) is 53.8 Å². The van der Waals surface area contributed by atoms with Crippen LogP contribution in [0.2, 0.25) is 0 Å². The van der Waals surface area contributed by atoms with E-state index in [-0.39, 0.29) is 5.38 Å². The summed E-state index contributed by atoms with van der Waals surface area (Å²) in [6.07, 6.45) is 0. The zero-order valence-corrected chi connectivity index (χ0v) is 13.2. The number of hydrogen-bond donors (Lipinski definition) is 0. The van der Waals surface area contributed by atoms with E-state index in [0.29, 0.717) is 0 Å². The van der Waals surface area contributed by atoms with Crippen LogP contribution in [0.5, 0.6) is 11.5 Å². The molecule has 0 fully saturated rings. The summed E-state index contributed by atoms with van der Waals surface area (Å²) in [6, 6.07) is 19.8. The molecular formula is C18H15ClOS. The predicted molar refractivity (Wildman–Crippen MR) is 89.7 cm³/mol. The van der Waals surface area contributed by atoms with Crippen molar-refractivity contribution in [3.8, 4) is 11.5 Å². The number of hydrogen-bond acceptors (Lipinski definition) is 2. The molecule has 1 heterocycles. The maximum Gasteiger partial charge on any atom is 0.127 e. The summed E-state index contributed by atoms with van der Waals surface area (Å²) in [5.41, 5.74) is 2.33. The van der Waals surface area contributed by atoms with Crippen molar-refractivity contribution in [2.24, 2.45) is 0 Å². The fraction of sp³-hybridized carbons (Fsp3) is 0.111. The van der Waals surface area contributed by atoms with Crippen molar-refractivity contribution in [3.05, 3.63) is 82.0 Å². The Balaban J connectivity index is 1.77. The molecule has 1 nitrogen and oxygen atoms in total. The molecular weight excluding hydrogens is 300 g/mol. The van der Waals surface area contributed by atoms with Gasteiger partial charge in [0.05, 0.1) is 5.38 Å². The first-order valence-corrected chi connectivity index (χ1v) is 8.06. The first kappa shape index (κ1) is 14.2. The lowest BCUT2D eigenvalue weighted by atomic mass is 10.1. The standard InChI is InChI=1S/C18H15ClOS/c1-13-11-12-21-18(13)17(19)14-7-9-16(10-8-14)20-15-5-3-2-4-6-15/h2-12,17H,1H3. The summed E-state index contributed by atoms with van der Waals surface area (Å²) in [5, 5.41) is 1.98. The highest BCUT2D eigenvalue weighted by atomic mass is 35.5. The molecule has 21 heavy (non-hydrogen) atoms. The van der Waals surface area contributed by atoms with Gasteiger partial charge in [-0.3, -0.25) is 0 Å². The number of thiophene rings is 1. The smallest absolute Gasteiger partial charge is 0.127 e. The molecule has 1 aromatic heterocycles. The number of ether oxygens (including phenoxy) is 1.